The van der Waals surface area contributed by atoms with Gasteiger partial charge < -0.3 is 4.74 Å². The number of hydrogen-bond donors (Lipinski definition) is 0. The normalized spacial score (nSPS) is 8.55. The van der Waals surface area contributed by atoms with Crippen molar-refractivity contribution in [1.29, 1.82) is 0 Å². The average Bonchev–Trinajstić information content (AvgIpc) is 2.00. The first-order valence-electron chi connectivity index (χ1n) is 3.23. The van der Waals surface area contributed by atoms with E-state index in [1.54, 1.807) is 6.92 Å². The molecule has 0 spiro atoms. The van der Waals surface area contributed by atoms with Crippen molar-refractivity contribution < 1.29 is 14.3 Å². The van der Waals surface area contributed by atoms with Crippen LogP contribution in [-0.4, -0.2) is 24.4 Å². The summed E-state index contributed by atoms with van der Waals surface area (Å²) in [5.74, 6) is 1.10. The Labute approximate surface area is 70.0 Å². The van der Waals surface area contributed by atoms with E-state index >= 15 is 0 Å². The Morgan fingerprint density at radius 3 is 2.64 bits per heavy atom. The Kier molecular flexibility index (Phi) is 5.53. The van der Waals surface area contributed by atoms with Gasteiger partial charge in [0.1, 0.15) is 11.5 Å². The van der Waals surface area contributed by atoms with Gasteiger partial charge in [0.15, 0.2) is 0 Å². The van der Waals surface area contributed by atoms with Gasteiger partial charge in [-0.05, 0) is 6.92 Å². The third-order valence-electron chi connectivity index (χ3n) is 0.990. The second kappa shape index (κ2) is 5.96. The summed E-state index contributed by atoms with van der Waals surface area (Å²) in [5.41, 5.74) is -0.0261. The van der Waals surface area contributed by atoms with Crippen molar-refractivity contribution >= 4 is 23.5 Å². The van der Waals surface area contributed by atoms with E-state index in [0.29, 0.717) is 0 Å². The van der Waals surface area contributed by atoms with Crippen LogP contribution in [0.4, 0.5) is 0 Å². The van der Waals surface area contributed by atoms with Crippen molar-refractivity contribution in [2.45, 2.75) is 13.3 Å². The highest BCUT2D eigenvalue weighted by molar-refractivity contribution is 6.18. The van der Waals surface area contributed by atoms with Crippen LogP contribution in [0.3, 0.4) is 0 Å². The lowest BCUT2D eigenvalue weighted by Crippen LogP contribution is -2.08. The second-order valence-electron chi connectivity index (χ2n) is 1.74. The zero-order chi connectivity index (χ0) is 8.69. The molecule has 4 heteroatoms. The Morgan fingerprint density at radius 1 is 1.64 bits per heavy atom. The number of ether oxygens (including phenoxy) is 1. The van der Waals surface area contributed by atoms with E-state index in [4.69, 9.17) is 11.6 Å². The minimum Gasteiger partial charge on any atom is -0.462 e. The van der Waals surface area contributed by atoms with Gasteiger partial charge in [-0.15, -0.1) is 11.6 Å². The molecule has 0 saturated heterocycles. The van der Waals surface area contributed by atoms with Gasteiger partial charge in [0.25, 0.3) is 0 Å². The van der Waals surface area contributed by atoms with Gasteiger partial charge in [-0.1, -0.05) is 0 Å². The molecular weight excluding hydrogens is 168 g/mol. The van der Waals surface area contributed by atoms with Crippen molar-refractivity contribution in [2.24, 2.45) is 0 Å². The number of alkyl halides is 1. The first-order valence-corrected chi connectivity index (χ1v) is 3.76. The highest BCUT2D eigenvalue weighted by Gasteiger charge is 2.09. The summed E-state index contributed by atoms with van der Waals surface area (Å²) >= 11 is 5.31. The SMILES string of the molecule is CCOC(=O)C(=C=O)CCCl. The molecule has 0 aliphatic carbocycles. The molecule has 0 N–H and O–H groups in total. The molecular formula is C7H9ClO3. The molecule has 0 radical (unpaired) electrons. The number of esters is 1. The van der Waals surface area contributed by atoms with Gasteiger partial charge in [0.05, 0.1) is 6.61 Å². The quantitative estimate of drug-likeness (QED) is 0.277. The van der Waals surface area contributed by atoms with Crippen LogP contribution < -0.4 is 0 Å². The van der Waals surface area contributed by atoms with Gasteiger partial charge in [-0.25, -0.2) is 9.59 Å². The van der Waals surface area contributed by atoms with Crippen LogP contribution in [0.1, 0.15) is 13.3 Å². The molecule has 0 heterocycles. The van der Waals surface area contributed by atoms with Crippen LogP contribution in [0.5, 0.6) is 0 Å². The van der Waals surface area contributed by atoms with Crippen LogP contribution in [0.2, 0.25) is 0 Å². The first kappa shape index (κ1) is 10.2. The molecule has 0 aromatic carbocycles. The summed E-state index contributed by atoms with van der Waals surface area (Å²) < 4.78 is 4.55. The molecule has 0 amide bonds. The Morgan fingerprint density at radius 2 is 2.27 bits per heavy atom. The smallest absolute Gasteiger partial charge is 0.345 e. The highest BCUT2D eigenvalue weighted by atomic mass is 35.5. The van der Waals surface area contributed by atoms with Gasteiger partial charge in [-0.2, -0.15) is 0 Å². The first-order chi connectivity index (χ1) is 5.26. The largest absolute Gasteiger partial charge is 0.462 e. The molecule has 0 aromatic heterocycles. The van der Waals surface area contributed by atoms with Gasteiger partial charge >= 0.3 is 5.97 Å². The van der Waals surface area contributed by atoms with E-state index in [1.165, 1.54) is 5.94 Å². The van der Waals surface area contributed by atoms with Crippen molar-refractivity contribution in [1.82, 2.24) is 0 Å². The molecule has 0 bridgehead atoms. The molecule has 0 aromatic rings. The lowest BCUT2D eigenvalue weighted by molar-refractivity contribution is -0.138. The maximum Gasteiger partial charge on any atom is 0.345 e. The number of hydrogen-bond acceptors (Lipinski definition) is 3. The molecule has 0 rings (SSSR count). The molecule has 0 fully saturated rings. The number of rotatable bonds is 4. The Bertz CT molecular complexity index is 182. The minimum absolute atomic E-state index is 0.0261. The van der Waals surface area contributed by atoms with Gasteiger partial charge in [0, 0.05) is 12.3 Å². The summed E-state index contributed by atoms with van der Waals surface area (Å²) in [6.07, 6.45) is 0.212. The van der Waals surface area contributed by atoms with E-state index in [0.717, 1.165) is 0 Å². The molecule has 0 unspecified atom stereocenters. The molecule has 62 valence electrons. The maximum absolute atomic E-state index is 10.8. The zero-order valence-corrected chi connectivity index (χ0v) is 6.98. The summed E-state index contributed by atoms with van der Waals surface area (Å²) in [6.45, 7) is 1.92. The van der Waals surface area contributed by atoms with Crippen LogP contribution in [0.25, 0.3) is 0 Å². The van der Waals surface area contributed by atoms with Crippen LogP contribution >= 0.6 is 11.6 Å². The molecule has 0 aliphatic rings. The summed E-state index contributed by atoms with van der Waals surface area (Å²) in [7, 11) is 0. The summed E-state index contributed by atoms with van der Waals surface area (Å²) in [6, 6.07) is 0. The monoisotopic (exact) mass is 176 g/mol. The zero-order valence-electron chi connectivity index (χ0n) is 6.22. The Hall–Kier alpha value is -0.790. The third kappa shape index (κ3) is 3.81. The third-order valence-corrected chi connectivity index (χ3v) is 1.18. The fourth-order valence-corrected chi connectivity index (χ4v) is 0.696. The van der Waals surface area contributed by atoms with Crippen molar-refractivity contribution in [3.05, 3.63) is 5.57 Å². The number of halogens is 1. The molecule has 0 atom stereocenters. The molecule has 11 heavy (non-hydrogen) atoms. The molecule has 3 nitrogen and oxygen atoms in total. The predicted octanol–water partition coefficient (Wildman–Crippen LogP) is 0.936. The van der Waals surface area contributed by atoms with Gasteiger partial charge in [-0.3, -0.25) is 0 Å². The van der Waals surface area contributed by atoms with E-state index < -0.39 is 5.97 Å². The topological polar surface area (TPSA) is 43.4 Å². The van der Waals surface area contributed by atoms with Crippen LogP contribution in [0, 0.1) is 0 Å². The summed E-state index contributed by atoms with van der Waals surface area (Å²) in [4.78, 5) is 20.9. The van der Waals surface area contributed by atoms with Gasteiger partial charge in [0.2, 0.25) is 0 Å². The standard InChI is InChI=1S/C7H9ClO3/c1-2-11-7(10)6(5-9)3-4-8/h2-4H2,1H3. The van der Waals surface area contributed by atoms with Crippen molar-refractivity contribution in [3.8, 4) is 0 Å². The van der Waals surface area contributed by atoms with E-state index in [9.17, 15) is 9.59 Å². The van der Waals surface area contributed by atoms with E-state index in [2.05, 4.69) is 4.74 Å². The lowest BCUT2D eigenvalue weighted by Gasteiger charge is -1.99. The number of carbonyl (C=O) groups is 1. The minimum atomic E-state index is -0.622. The average molecular weight is 177 g/mol. The predicted molar refractivity (Wildman–Crippen MR) is 41.2 cm³/mol. The number of carbonyl (C=O) groups excluding carboxylic acids is 2. The van der Waals surface area contributed by atoms with E-state index in [-0.39, 0.29) is 24.5 Å². The molecule has 0 aliphatic heterocycles. The maximum atomic E-state index is 10.8. The lowest BCUT2D eigenvalue weighted by atomic mass is 10.2. The fraction of sp³-hybridized carbons (Fsp3) is 0.571. The van der Waals surface area contributed by atoms with Crippen LogP contribution in [-0.2, 0) is 14.3 Å². The second-order valence-corrected chi connectivity index (χ2v) is 2.12. The Balaban J connectivity index is 4.05. The highest BCUT2D eigenvalue weighted by Crippen LogP contribution is 2.00. The summed E-state index contributed by atoms with van der Waals surface area (Å²) in [5, 5.41) is 0. The van der Waals surface area contributed by atoms with Crippen molar-refractivity contribution in [2.75, 3.05) is 12.5 Å². The fourth-order valence-electron chi connectivity index (χ4n) is 0.507. The van der Waals surface area contributed by atoms with E-state index in [1.807, 2.05) is 0 Å². The van der Waals surface area contributed by atoms with Crippen LogP contribution in [0.15, 0.2) is 5.57 Å². The van der Waals surface area contributed by atoms with Crippen molar-refractivity contribution in [3.63, 3.8) is 0 Å². The molecule has 0 saturated carbocycles.